The molecule has 0 saturated carbocycles. The Balaban J connectivity index is 2.90. The topological polar surface area (TPSA) is 0 Å². The van der Waals surface area contributed by atoms with Gasteiger partial charge in [0.2, 0.25) is 6.69 Å². The van der Waals surface area contributed by atoms with Crippen molar-refractivity contribution in [2.75, 3.05) is 0 Å². The summed E-state index contributed by atoms with van der Waals surface area (Å²) in [4.78, 5) is 0. The van der Waals surface area contributed by atoms with Crippen LogP contribution in [0.5, 0.6) is 0 Å². The first-order valence-electron chi connectivity index (χ1n) is 8.45. The summed E-state index contributed by atoms with van der Waals surface area (Å²) in [6.07, 6.45) is 0. The van der Waals surface area contributed by atoms with Crippen LogP contribution in [-0.4, -0.2) is 26.0 Å². The molecule has 0 aliphatic carbocycles. The van der Waals surface area contributed by atoms with Gasteiger partial charge in [-0.05, 0) is 10.4 Å². The Kier molecular flexibility index (Phi) is 5.93. The van der Waals surface area contributed by atoms with Gasteiger partial charge in [0.1, 0.15) is 0 Å². The van der Waals surface area contributed by atoms with E-state index in [0.29, 0.717) is 0 Å². The van der Waals surface area contributed by atoms with E-state index >= 15 is 0 Å². The van der Waals surface area contributed by atoms with E-state index in [4.69, 9.17) is 0 Å². The van der Waals surface area contributed by atoms with Crippen molar-refractivity contribution in [3.63, 3.8) is 0 Å². The van der Waals surface area contributed by atoms with Gasteiger partial charge in [-0.1, -0.05) is 116 Å². The van der Waals surface area contributed by atoms with Gasteiger partial charge in [-0.3, -0.25) is 0 Å². The minimum atomic E-state index is -2.17. The van der Waals surface area contributed by atoms with E-state index in [1.807, 2.05) is 0 Å². The number of hydrogen-bond donors (Lipinski definition) is 0. The predicted molar refractivity (Wildman–Crippen MR) is 125 cm³/mol. The van der Waals surface area contributed by atoms with Crippen LogP contribution in [0.15, 0.2) is 60.7 Å². The van der Waals surface area contributed by atoms with Gasteiger partial charge in [0, 0.05) is 3.19 Å². The lowest BCUT2D eigenvalue weighted by Gasteiger charge is -2.56. The fourth-order valence-electron chi connectivity index (χ4n) is 4.06. The molecule has 0 radical (unpaired) electrons. The summed E-state index contributed by atoms with van der Waals surface area (Å²) >= 11 is 8.92. The number of benzene rings is 2. The van der Waals surface area contributed by atoms with Gasteiger partial charge in [-0.15, -0.1) is 15.3 Å². The van der Waals surface area contributed by atoms with Crippen LogP contribution in [-0.2, 0) is 0 Å². The Hall–Kier alpha value is 0.0506. The van der Waals surface area contributed by atoms with Crippen molar-refractivity contribution in [3.8, 4) is 0 Å². The SMILES string of the molecule is C[Si](C)(C)C(Br)([Si](C)(C)C)[Si](Br)(c1ccccc1)c1ccccc1. The van der Waals surface area contributed by atoms with E-state index < -0.39 is 22.8 Å². The molecule has 0 aliphatic rings. The smallest absolute Gasteiger partial charge is 0.113 e. The minimum Gasteiger partial charge on any atom is -0.113 e. The van der Waals surface area contributed by atoms with Gasteiger partial charge < -0.3 is 0 Å². The molecule has 2 aromatic carbocycles. The fraction of sp³-hybridized carbons (Fsp3) is 0.368. The molecule has 0 nitrogen and oxygen atoms in total. The largest absolute Gasteiger partial charge is 0.202 e. The monoisotopic (exact) mass is 498 g/mol. The van der Waals surface area contributed by atoms with Crippen LogP contribution in [0.25, 0.3) is 0 Å². The summed E-state index contributed by atoms with van der Waals surface area (Å²) in [5.41, 5.74) is 0. The Bertz CT molecular complexity index is 620. The minimum absolute atomic E-state index is 0.183. The maximum Gasteiger partial charge on any atom is 0.202 e. The maximum atomic E-state index is 4.46. The molecule has 0 heterocycles. The first-order chi connectivity index (χ1) is 11.0. The van der Waals surface area contributed by atoms with Crippen molar-refractivity contribution in [3.05, 3.63) is 60.7 Å². The second kappa shape index (κ2) is 6.99. The zero-order valence-corrected chi connectivity index (χ0v) is 21.7. The Labute approximate surface area is 166 Å². The molecule has 24 heavy (non-hydrogen) atoms. The molecule has 0 amide bonds. The lowest BCUT2D eigenvalue weighted by molar-refractivity contribution is 1.36. The Morgan fingerprint density at radius 2 is 0.917 bits per heavy atom. The van der Waals surface area contributed by atoms with E-state index in [1.54, 1.807) is 0 Å². The molecule has 0 aromatic heterocycles. The van der Waals surface area contributed by atoms with Gasteiger partial charge in [0.05, 0.1) is 16.1 Å². The molecule has 0 bridgehead atoms. The molecule has 0 fully saturated rings. The molecule has 0 atom stereocenters. The van der Waals surface area contributed by atoms with E-state index in [2.05, 4.69) is 131 Å². The van der Waals surface area contributed by atoms with Gasteiger partial charge in [-0.2, -0.15) is 0 Å². The maximum absolute atomic E-state index is 4.46. The molecule has 0 N–H and O–H groups in total. The number of hydrogen-bond acceptors (Lipinski definition) is 0. The molecule has 0 saturated heterocycles. The lowest BCUT2D eigenvalue weighted by atomic mass is 10.4. The van der Waals surface area contributed by atoms with Crippen LogP contribution in [0, 0.1) is 0 Å². The summed E-state index contributed by atoms with van der Waals surface area (Å²) in [5, 5.41) is 2.94. The molecular weight excluding hydrogens is 472 g/mol. The van der Waals surface area contributed by atoms with Crippen LogP contribution in [0.1, 0.15) is 0 Å². The summed E-state index contributed by atoms with van der Waals surface area (Å²) in [6, 6.07) is 22.3. The standard InChI is InChI=1S/C19H28Br2Si3/c1-22(2,3)19(20,23(4,5)6)24(21,17-13-9-7-10-14-17)18-15-11-8-12-16-18/h7-16H,1-6H3. The second-order valence-electron chi connectivity index (χ2n) is 8.55. The lowest BCUT2D eigenvalue weighted by Crippen LogP contribution is -2.82. The third-order valence-corrected chi connectivity index (χ3v) is 40.7. The van der Waals surface area contributed by atoms with Gasteiger partial charge in [0.15, 0.2) is 0 Å². The number of rotatable bonds is 5. The van der Waals surface area contributed by atoms with Crippen LogP contribution in [0.2, 0.25) is 39.3 Å². The van der Waals surface area contributed by atoms with Crippen LogP contribution in [0.3, 0.4) is 0 Å². The molecule has 0 unspecified atom stereocenters. The van der Waals surface area contributed by atoms with Crippen molar-refractivity contribution in [1.29, 1.82) is 0 Å². The number of alkyl halides is 1. The summed E-state index contributed by atoms with van der Waals surface area (Å²) in [7, 11) is -3.11. The van der Waals surface area contributed by atoms with Gasteiger partial charge in [-0.25, -0.2) is 0 Å². The Morgan fingerprint density at radius 3 is 1.17 bits per heavy atom. The molecule has 0 spiro atoms. The predicted octanol–water partition coefficient (Wildman–Crippen LogP) is 5.57. The summed E-state index contributed by atoms with van der Waals surface area (Å²) < 4.78 is 0.183. The molecule has 2 aromatic rings. The molecular formula is C19H28Br2Si3. The fourth-order valence-corrected chi connectivity index (χ4v) is 39.2. The second-order valence-corrected chi connectivity index (χ2v) is 30.7. The van der Waals surface area contributed by atoms with Crippen LogP contribution in [0.4, 0.5) is 0 Å². The zero-order chi connectivity index (χ0) is 18.2. The van der Waals surface area contributed by atoms with Crippen molar-refractivity contribution < 1.29 is 0 Å². The highest BCUT2D eigenvalue weighted by molar-refractivity contribution is 9.28. The van der Waals surface area contributed by atoms with E-state index in [-0.39, 0.29) is 3.19 Å². The van der Waals surface area contributed by atoms with E-state index in [1.165, 1.54) is 10.4 Å². The summed E-state index contributed by atoms with van der Waals surface area (Å²) in [6.45, 7) is 13.0. The summed E-state index contributed by atoms with van der Waals surface area (Å²) in [5.74, 6) is 0. The van der Waals surface area contributed by atoms with Gasteiger partial charge >= 0.3 is 0 Å². The third-order valence-electron chi connectivity index (χ3n) is 4.88. The number of halogens is 2. The van der Waals surface area contributed by atoms with Crippen molar-refractivity contribution in [1.82, 2.24) is 0 Å². The van der Waals surface area contributed by atoms with Crippen molar-refractivity contribution in [2.24, 2.45) is 0 Å². The Morgan fingerprint density at radius 1 is 0.625 bits per heavy atom. The highest BCUT2D eigenvalue weighted by Gasteiger charge is 2.65. The highest BCUT2D eigenvalue weighted by atomic mass is 79.9. The normalized spacial score (nSPS) is 13.8. The first kappa shape index (κ1) is 20.4. The third kappa shape index (κ3) is 3.22. The highest BCUT2D eigenvalue weighted by Crippen LogP contribution is 2.48. The van der Waals surface area contributed by atoms with Crippen LogP contribution >= 0.6 is 31.2 Å². The average Bonchev–Trinajstić information content (AvgIpc) is 2.53. The van der Waals surface area contributed by atoms with Gasteiger partial charge in [0.25, 0.3) is 0 Å². The quantitative estimate of drug-likeness (QED) is 0.286. The van der Waals surface area contributed by atoms with Crippen LogP contribution < -0.4 is 10.4 Å². The van der Waals surface area contributed by atoms with E-state index in [0.717, 1.165) is 0 Å². The molecule has 2 rings (SSSR count). The van der Waals surface area contributed by atoms with E-state index in [9.17, 15) is 0 Å². The molecule has 5 heteroatoms. The zero-order valence-electron chi connectivity index (χ0n) is 15.5. The molecule has 0 aliphatic heterocycles. The van der Waals surface area contributed by atoms with Crippen molar-refractivity contribution in [2.45, 2.75) is 42.5 Å². The average molecular weight is 500 g/mol. The first-order valence-corrected chi connectivity index (χ1v) is 20.5. The van der Waals surface area contributed by atoms with Crippen molar-refractivity contribution >= 4 is 64.4 Å². The molecule has 130 valence electrons.